The molecule has 2 aromatic heterocycles. The first kappa shape index (κ1) is 10.9. The van der Waals surface area contributed by atoms with E-state index in [4.69, 9.17) is 0 Å². The number of hydrogen-bond donors (Lipinski definition) is 2. The van der Waals surface area contributed by atoms with Gasteiger partial charge >= 0.3 is 0 Å². The largest absolute Gasteiger partial charge is 0.311 e. The standard InChI is InChI=1S/C12H10N4OS/c1-7-6-13-18-12(7)14-11(17)10-8-4-2-3-5-9(8)15-16-10/h2-6H,1H3,(H,14,17)(H,15,16). The molecule has 0 atom stereocenters. The molecule has 90 valence electrons. The Balaban J connectivity index is 1.95. The summed E-state index contributed by atoms with van der Waals surface area (Å²) in [7, 11) is 0. The van der Waals surface area contributed by atoms with E-state index < -0.39 is 0 Å². The normalized spacial score (nSPS) is 10.7. The van der Waals surface area contributed by atoms with E-state index >= 15 is 0 Å². The molecule has 0 radical (unpaired) electrons. The highest BCUT2D eigenvalue weighted by Crippen LogP contribution is 2.21. The highest BCUT2D eigenvalue weighted by molar-refractivity contribution is 7.10. The monoisotopic (exact) mass is 258 g/mol. The van der Waals surface area contributed by atoms with Crippen molar-refractivity contribution >= 4 is 33.3 Å². The van der Waals surface area contributed by atoms with Crippen LogP contribution in [0, 0.1) is 6.92 Å². The SMILES string of the molecule is Cc1cnsc1NC(=O)c1n[nH]c2ccccc12. The lowest BCUT2D eigenvalue weighted by atomic mass is 10.2. The van der Waals surface area contributed by atoms with Crippen molar-refractivity contribution in [3.63, 3.8) is 0 Å². The lowest BCUT2D eigenvalue weighted by Crippen LogP contribution is -2.12. The number of benzene rings is 1. The maximum Gasteiger partial charge on any atom is 0.277 e. The molecule has 0 bridgehead atoms. The van der Waals surface area contributed by atoms with Gasteiger partial charge in [0.2, 0.25) is 0 Å². The number of carbonyl (C=O) groups excluding carboxylic acids is 1. The molecule has 3 aromatic rings. The molecule has 0 saturated heterocycles. The number of anilines is 1. The fourth-order valence-corrected chi connectivity index (χ4v) is 2.36. The Morgan fingerprint density at radius 1 is 1.39 bits per heavy atom. The van der Waals surface area contributed by atoms with Gasteiger partial charge in [0.15, 0.2) is 5.69 Å². The van der Waals surface area contributed by atoms with Gasteiger partial charge in [0.25, 0.3) is 5.91 Å². The number of nitrogens with zero attached hydrogens (tertiary/aromatic N) is 2. The van der Waals surface area contributed by atoms with E-state index in [9.17, 15) is 4.79 Å². The summed E-state index contributed by atoms with van der Waals surface area (Å²) in [5, 5.41) is 11.3. The molecule has 5 nitrogen and oxygen atoms in total. The van der Waals surface area contributed by atoms with Gasteiger partial charge in [0.1, 0.15) is 5.00 Å². The summed E-state index contributed by atoms with van der Waals surface area (Å²) >= 11 is 1.26. The molecule has 2 N–H and O–H groups in total. The van der Waals surface area contributed by atoms with Crippen molar-refractivity contribution in [1.82, 2.24) is 14.6 Å². The van der Waals surface area contributed by atoms with Gasteiger partial charge in [-0.2, -0.15) is 9.47 Å². The molecule has 0 unspecified atom stereocenters. The number of aromatic nitrogens is 3. The molecule has 0 aliphatic rings. The highest BCUT2D eigenvalue weighted by Gasteiger charge is 2.15. The zero-order valence-corrected chi connectivity index (χ0v) is 10.4. The second-order valence-electron chi connectivity index (χ2n) is 3.91. The van der Waals surface area contributed by atoms with Crippen molar-refractivity contribution in [2.24, 2.45) is 0 Å². The van der Waals surface area contributed by atoms with Gasteiger partial charge in [-0.1, -0.05) is 18.2 Å². The smallest absolute Gasteiger partial charge is 0.277 e. The molecule has 1 aromatic carbocycles. The topological polar surface area (TPSA) is 70.7 Å². The number of aromatic amines is 1. The van der Waals surface area contributed by atoms with E-state index in [1.165, 1.54) is 11.5 Å². The lowest BCUT2D eigenvalue weighted by molar-refractivity contribution is 0.102. The van der Waals surface area contributed by atoms with Gasteiger partial charge in [-0.25, -0.2) is 0 Å². The number of amides is 1. The van der Waals surface area contributed by atoms with Crippen LogP contribution in [0.25, 0.3) is 10.9 Å². The van der Waals surface area contributed by atoms with Crippen LogP contribution in [-0.4, -0.2) is 20.5 Å². The minimum Gasteiger partial charge on any atom is -0.311 e. The number of carbonyl (C=O) groups is 1. The summed E-state index contributed by atoms with van der Waals surface area (Å²) in [6, 6.07) is 7.53. The molecule has 0 spiro atoms. The van der Waals surface area contributed by atoms with E-state index in [0.717, 1.165) is 21.5 Å². The highest BCUT2D eigenvalue weighted by atomic mass is 32.1. The minimum atomic E-state index is -0.222. The van der Waals surface area contributed by atoms with E-state index in [2.05, 4.69) is 19.9 Å². The fraction of sp³-hybridized carbons (Fsp3) is 0.0833. The predicted molar refractivity (Wildman–Crippen MR) is 70.9 cm³/mol. The molecule has 0 fully saturated rings. The Morgan fingerprint density at radius 2 is 2.22 bits per heavy atom. The van der Waals surface area contributed by atoms with Crippen molar-refractivity contribution < 1.29 is 4.79 Å². The van der Waals surface area contributed by atoms with Crippen LogP contribution in [0.1, 0.15) is 16.1 Å². The zero-order valence-electron chi connectivity index (χ0n) is 9.60. The van der Waals surface area contributed by atoms with E-state index in [1.807, 2.05) is 31.2 Å². The van der Waals surface area contributed by atoms with Crippen molar-refractivity contribution in [3.8, 4) is 0 Å². The first-order valence-corrected chi connectivity index (χ1v) is 6.19. The minimum absolute atomic E-state index is 0.222. The average Bonchev–Trinajstić information content (AvgIpc) is 2.96. The molecule has 2 heterocycles. The Labute approximate surface area is 107 Å². The first-order chi connectivity index (χ1) is 8.75. The van der Waals surface area contributed by atoms with Gasteiger partial charge in [-0.3, -0.25) is 9.89 Å². The van der Waals surface area contributed by atoms with Gasteiger partial charge in [-0.05, 0) is 24.5 Å². The number of hydrogen-bond acceptors (Lipinski definition) is 4. The molecule has 3 rings (SSSR count). The molecule has 0 aliphatic heterocycles. The van der Waals surface area contributed by atoms with E-state index in [1.54, 1.807) is 6.20 Å². The Kier molecular flexibility index (Phi) is 2.56. The Morgan fingerprint density at radius 3 is 3.00 bits per heavy atom. The van der Waals surface area contributed by atoms with Crippen molar-refractivity contribution in [2.75, 3.05) is 5.32 Å². The Hall–Kier alpha value is -2.21. The fourth-order valence-electron chi connectivity index (χ4n) is 1.71. The summed E-state index contributed by atoms with van der Waals surface area (Å²) in [6.45, 7) is 1.90. The van der Waals surface area contributed by atoms with Crippen LogP contribution in [-0.2, 0) is 0 Å². The summed E-state index contributed by atoms with van der Waals surface area (Å²) in [6.07, 6.45) is 1.73. The van der Waals surface area contributed by atoms with Crippen LogP contribution in [0.4, 0.5) is 5.00 Å². The van der Waals surface area contributed by atoms with Crippen molar-refractivity contribution in [2.45, 2.75) is 6.92 Å². The number of para-hydroxylation sites is 1. The lowest BCUT2D eigenvalue weighted by Gasteiger charge is -2.00. The van der Waals surface area contributed by atoms with Crippen LogP contribution < -0.4 is 5.32 Å². The molecule has 6 heteroatoms. The van der Waals surface area contributed by atoms with Crippen LogP contribution in [0.2, 0.25) is 0 Å². The maximum absolute atomic E-state index is 12.1. The maximum atomic E-state index is 12.1. The zero-order chi connectivity index (χ0) is 12.5. The van der Waals surface area contributed by atoms with E-state index in [0.29, 0.717) is 5.69 Å². The third kappa shape index (κ3) is 1.76. The number of fused-ring (bicyclic) bond motifs is 1. The van der Waals surface area contributed by atoms with Crippen LogP contribution in [0.3, 0.4) is 0 Å². The third-order valence-electron chi connectivity index (χ3n) is 2.66. The molecule has 0 aliphatic carbocycles. The summed E-state index contributed by atoms with van der Waals surface area (Å²) < 4.78 is 4.02. The molecule has 0 saturated carbocycles. The molecule has 18 heavy (non-hydrogen) atoms. The second-order valence-corrected chi connectivity index (χ2v) is 4.71. The third-order valence-corrected chi connectivity index (χ3v) is 3.48. The van der Waals surface area contributed by atoms with Crippen LogP contribution >= 0.6 is 11.5 Å². The summed E-state index contributed by atoms with van der Waals surface area (Å²) in [4.78, 5) is 12.1. The van der Waals surface area contributed by atoms with Gasteiger partial charge in [0, 0.05) is 17.1 Å². The van der Waals surface area contributed by atoms with Crippen LogP contribution in [0.15, 0.2) is 30.5 Å². The van der Waals surface area contributed by atoms with Crippen LogP contribution in [0.5, 0.6) is 0 Å². The number of H-pyrrole nitrogens is 1. The van der Waals surface area contributed by atoms with Crippen molar-refractivity contribution in [3.05, 3.63) is 41.7 Å². The average molecular weight is 258 g/mol. The quantitative estimate of drug-likeness (QED) is 0.742. The van der Waals surface area contributed by atoms with Crippen molar-refractivity contribution in [1.29, 1.82) is 0 Å². The first-order valence-electron chi connectivity index (χ1n) is 5.41. The number of rotatable bonds is 2. The van der Waals surface area contributed by atoms with E-state index in [-0.39, 0.29) is 5.91 Å². The summed E-state index contributed by atoms with van der Waals surface area (Å²) in [5.74, 6) is -0.222. The molecular formula is C12H10N4OS. The number of nitrogens with one attached hydrogen (secondary N) is 2. The Bertz CT molecular complexity index is 716. The summed E-state index contributed by atoms with van der Waals surface area (Å²) in [5.41, 5.74) is 2.20. The molecular weight excluding hydrogens is 248 g/mol. The van der Waals surface area contributed by atoms with Gasteiger partial charge < -0.3 is 5.32 Å². The van der Waals surface area contributed by atoms with Gasteiger partial charge in [-0.15, -0.1) is 0 Å². The second kappa shape index (κ2) is 4.23. The van der Waals surface area contributed by atoms with Gasteiger partial charge in [0.05, 0.1) is 5.52 Å². The predicted octanol–water partition coefficient (Wildman–Crippen LogP) is 2.58. The number of aryl methyl sites for hydroxylation is 1. The molecule has 1 amide bonds.